The summed E-state index contributed by atoms with van der Waals surface area (Å²) in [5.74, 6) is -0.294. The minimum absolute atomic E-state index is 0.132. The van der Waals surface area contributed by atoms with E-state index in [1.54, 1.807) is 0 Å². The van der Waals surface area contributed by atoms with Gasteiger partial charge in [0.25, 0.3) is 5.97 Å². The zero-order valence-electron chi connectivity index (χ0n) is 7.43. The molecule has 0 N–H and O–H groups in total. The summed E-state index contributed by atoms with van der Waals surface area (Å²) in [5, 5.41) is 0. The first-order chi connectivity index (χ1) is 4.92. The van der Waals surface area contributed by atoms with Crippen LogP contribution in [0.2, 0.25) is 0 Å². The topological polar surface area (TPSA) is 35.5 Å². The highest BCUT2D eigenvalue weighted by Gasteiger charge is 2.11. The second kappa shape index (κ2) is 4.51. The van der Waals surface area contributed by atoms with Crippen LogP contribution >= 0.6 is 0 Å². The summed E-state index contributed by atoms with van der Waals surface area (Å²) in [6.07, 6.45) is 0. The summed E-state index contributed by atoms with van der Waals surface area (Å²) in [6.45, 7) is 8.16. The van der Waals surface area contributed by atoms with Crippen LogP contribution in [0.25, 0.3) is 0 Å². The van der Waals surface area contributed by atoms with E-state index in [0.717, 1.165) is 0 Å². The van der Waals surface area contributed by atoms with Gasteiger partial charge in [0.2, 0.25) is 0 Å². The summed E-state index contributed by atoms with van der Waals surface area (Å²) in [6, 6.07) is 0. The summed E-state index contributed by atoms with van der Waals surface area (Å²) < 4.78 is 9.70. The zero-order chi connectivity index (χ0) is 8.91. The highest BCUT2D eigenvalue weighted by molar-refractivity contribution is 6.22. The second-order valence-electron chi connectivity index (χ2n) is 3.53. The molecule has 4 heteroatoms. The van der Waals surface area contributed by atoms with Gasteiger partial charge in [0.15, 0.2) is 0 Å². The predicted molar refractivity (Wildman–Crippen MR) is 42.9 cm³/mol. The Labute approximate surface area is 70.1 Å². The van der Waals surface area contributed by atoms with Gasteiger partial charge in [-0.3, -0.25) is 4.79 Å². The predicted octanol–water partition coefficient (Wildman–Crippen LogP) is 1.15. The van der Waals surface area contributed by atoms with Crippen LogP contribution in [0.15, 0.2) is 0 Å². The van der Waals surface area contributed by atoms with E-state index in [9.17, 15) is 4.79 Å². The largest absolute Gasteiger partial charge is 0.523 e. The van der Waals surface area contributed by atoms with Crippen molar-refractivity contribution in [1.29, 1.82) is 0 Å². The number of hydrogen-bond donors (Lipinski definition) is 0. The van der Waals surface area contributed by atoms with Crippen LogP contribution in [0.5, 0.6) is 0 Å². The molecule has 0 amide bonds. The van der Waals surface area contributed by atoms with Crippen molar-refractivity contribution in [2.45, 2.75) is 27.7 Å². The van der Waals surface area contributed by atoms with E-state index in [0.29, 0.717) is 6.61 Å². The number of hydrogen-bond acceptors (Lipinski definition) is 3. The van der Waals surface area contributed by atoms with Crippen LogP contribution in [0.4, 0.5) is 0 Å². The van der Waals surface area contributed by atoms with Gasteiger partial charge in [0.1, 0.15) is 0 Å². The molecule has 0 atom stereocenters. The Morgan fingerprint density at radius 3 is 2.36 bits per heavy atom. The third kappa shape index (κ3) is 9.65. The van der Waals surface area contributed by atoms with Crippen molar-refractivity contribution in [2.75, 3.05) is 6.61 Å². The normalized spacial score (nSPS) is 11.3. The average Bonchev–Trinajstić information content (AvgIpc) is 1.78. The third-order valence-corrected chi connectivity index (χ3v) is 1.38. The fraction of sp³-hybridized carbons (Fsp3) is 0.857. The molecule has 64 valence electrons. The molecule has 2 radical (unpaired) electrons. The van der Waals surface area contributed by atoms with Crippen LogP contribution in [-0.2, 0) is 13.6 Å². The molecular weight excluding hydrogens is 160 g/mol. The lowest BCUT2D eigenvalue weighted by Crippen LogP contribution is -2.18. The quantitative estimate of drug-likeness (QED) is 0.475. The maximum atomic E-state index is 10.3. The molecule has 0 aliphatic heterocycles. The van der Waals surface area contributed by atoms with Gasteiger partial charge in [-0.1, -0.05) is 20.8 Å². The van der Waals surface area contributed by atoms with E-state index in [1.807, 2.05) is 0 Å². The van der Waals surface area contributed by atoms with Crippen molar-refractivity contribution < 1.29 is 13.6 Å². The molecule has 0 heterocycles. The molecule has 0 aromatic rings. The molecule has 0 unspecified atom stereocenters. The van der Waals surface area contributed by atoms with Gasteiger partial charge in [-0.15, -0.1) is 0 Å². The van der Waals surface area contributed by atoms with Crippen LogP contribution < -0.4 is 0 Å². The standard InChI is InChI=1S/C7H14O3Si/c1-6(8)10-11-9-5-7(2,3)4/h5H2,1-4H3. The maximum Gasteiger partial charge on any atom is 0.523 e. The number of carbonyl (C=O) groups excluding carboxylic acids is 1. The van der Waals surface area contributed by atoms with E-state index in [2.05, 4.69) is 25.2 Å². The average molecular weight is 174 g/mol. The van der Waals surface area contributed by atoms with Gasteiger partial charge in [0, 0.05) is 13.5 Å². The van der Waals surface area contributed by atoms with Crippen molar-refractivity contribution in [3.05, 3.63) is 0 Å². The molecule has 0 saturated heterocycles. The molecule has 0 rings (SSSR count). The van der Waals surface area contributed by atoms with Crippen molar-refractivity contribution >= 4 is 16.0 Å². The molecule has 11 heavy (non-hydrogen) atoms. The first kappa shape index (κ1) is 10.6. The molecular formula is C7H14O3Si. The van der Waals surface area contributed by atoms with Crippen molar-refractivity contribution in [3.8, 4) is 0 Å². The first-order valence-corrected chi connectivity index (χ1v) is 4.28. The van der Waals surface area contributed by atoms with Gasteiger partial charge in [-0.2, -0.15) is 0 Å². The Hall–Kier alpha value is -0.353. The molecule has 0 fully saturated rings. The highest BCUT2D eigenvalue weighted by Crippen LogP contribution is 2.11. The molecule has 0 aromatic carbocycles. The Bertz CT molecular complexity index is 128. The summed E-state index contributed by atoms with van der Waals surface area (Å²) >= 11 is 0. The van der Waals surface area contributed by atoms with E-state index in [4.69, 9.17) is 4.43 Å². The van der Waals surface area contributed by atoms with Gasteiger partial charge < -0.3 is 8.85 Å². The smallest absolute Gasteiger partial charge is 0.491 e. The SMILES string of the molecule is CC(=O)O[Si]OCC(C)(C)C. The van der Waals surface area contributed by atoms with Crippen LogP contribution in [0.1, 0.15) is 27.7 Å². The lowest BCUT2D eigenvalue weighted by molar-refractivity contribution is -0.132. The molecule has 0 aromatic heterocycles. The lowest BCUT2D eigenvalue weighted by atomic mass is 9.99. The Kier molecular flexibility index (Phi) is 4.36. The maximum absolute atomic E-state index is 10.3. The molecule has 3 nitrogen and oxygen atoms in total. The van der Waals surface area contributed by atoms with Gasteiger partial charge >= 0.3 is 10.0 Å². The number of rotatable bonds is 3. The fourth-order valence-corrected chi connectivity index (χ4v) is 1.00. The Morgan fingerprint density at radius 2 is 2.00 bits per heavy atom. The Morgan fingerprint density at radius 1 is 1.45 bits per heavy atom. The molecule has 0 spiro atoms. The van der Waals surface area contributed by atoms with Gasteiger partial charge in [-0.05, 0) is 5.41 Å². The summed E-state index contributed by atoms with van der Waals surface area (Å²) in [7, 11) is -0.163. The zero-order valence-corrected chi connectivity index (χ0v) is 8.43. The van der Waals surface area contributed by atoms with Crippen molar-refractivity contribution in [2.24, 2.45) is 5.41 Å². The van der Waals surface area contributed by atoms with E-state index in [1.165, 1.54) is 6.92 Å². The van der Waals surface area contributed by atoms with Crippen LogP contribution in [0, 0.1) is 5.41 Å². The highest BCUT2D eigenvalue weighted by atomic mass is 28.3. The monoisotopic (exact) mass is 174 g/mol. The van der Waals surface area contributed by atoms with E-state index < -0.39 is 0 Å². The van der Waals surface area contributed by atoms with Crippen molar-refractivity contribution in [1.82, 2.24) is 0 Å². The van der Waals surface area contributed by atoms with Crippen LogP contribution in [-0.4, -0.2) is 22.6 Å². The molecule has 0 aliphatic carbocycles. The Balaban J connectivity index is 3.22. The summed E-state index contributed by atoms with van der Waals surface area (Å²) in [5.41, 5.74) is 0.132. The third-order valence-electron chi connectivity index (χ3n) is 0.750. The fourth-order valence-electron chi connectivity index (χ4n) is 0.334. The second-order valence-corrected chi connectivity index (χ2v) is 4.19. The van der Waals surface area contributed by atoms with E-state index >= 15 is 0 Å². The van der Waals surface area contributed by atoms with Crippen LogP contribution in [0.3, 0.4) is 0 Å². The van der Waals surface area contributed by atoms with E-state index in [-0.39, 0.29) is 21.4 Å². The number of carbonyl (C=O) groups is 1. The summed E-state index contributed by atoms with van der Waals surface area (Å²) in [4.78, 5) is 10.3. The van der Waals surface area contributed by atoms with Gasteiger partial charge in [0.05, 0.1) is 0 Å². The molecule has 0 aliphatic rings. The minimum Gasteiger partial charge on any atom is -0.491 e. The lowest BCUT2D eigenvalue weighted by Gasteiger charge is -2.16. The molecule has 0 saturated carbocycles. The molecule has 0 bridgehead atoms. The van der Waals surface area contributed by atoms with Gasteiger partial charge in [-0.25, -0.2) is 0 Å². The van der Waals surface area contributed by atoms with Crippen molar-refractivity contribution in [3.63, 3.8) is 0 Å². The first-order valence-electron chi connectivity index (χ1n) is 3.46. The minimum atomic E-state index is -0.294.